The number of hydrogen-bond acceptors (Lipinski definition) is 2. The van der Waals surface area contributed by atoms with Gasteiger partial charge in [0.15, 0.2) is 0 Å². The average molecular weight is 252 g/mol. The van der Waals surface area contributed by atoms with Crippen molar-refractivity contribution in [2.24, 2.45) is 11.3 Å². The Kier molecular flexibility index (Phi) is 5.32. The van der Waals surface area contributed by atoms with Crippen molar-refractivity contribution >= 4 is 5.97 Å². The third kappa shape index (κ3) is 4.13. The average Bonchev–Trinajstić information content (AvgIpc) is 2.36. The molecule has 1 rings (SSSR count). The number of ether oxygens (including phenoxy) is 1. The lowest BCUT2D eigenvalue weighted by atomic mass is 9.83. The lowest BCUT2D eigenvalue weighted by Gasteiger charge is -2.25. The van der Waals surface area contributed by atoms with Crippen LogP contribution in [0.5, 0.6) is 0 Å². The van der Waals surface area contributed by atoms with Gasteiger partial charge in [-0.2, -0.15) is 0 Å². The van der Waals surface area contributed by atoms with Crippen LogP contribution >= 0.6 is 0 Å². The Morgan fingerprint density at radius 3 is 2.44 bits per heavy atom. The van der Waals surface area contributed by atoms with Crippen molar-refractivity contribution in [3.63, 3.8) is 0 Å². The minimum absolute atomic E-state index is 0.202. The molecule has 18 heavy (non-hydrogen) atoms. The second-order valence-electron chi connectivity index (χ2n) is 5.35. The third-order valence-corrected chi connectivity index (χ3v) is 2.86. The van der Waals surface area contributed by atoms with Gasteiger partial charge in [0.25, 0.3) is 0 Å². The van der Waals surface area contributed by atoms with Crippen molar-refractivity contribution in [1.29, 1.82) is 0 Å². The molecule has 0 bridgehead atoms. The predicted molar refractivity (Wildman–Crippen MR) is 69.8 cm³/mol. The summed E-state index contributed by atoms with van der Waals surface area (Å²) in [6, 6.07) is 9.41. The first-order chi connectivity index (χ1) is 8.48. The number of hydrogen-bond donors (Lipinski definition) is 0. The fourth-order valence-electron chi connectivity index (χ4n) is 1.99. The molecule has 0 aliphatic rings. The second kappa shape index (κ2) is 6.53. The fourth-order valence-corrected chi connectivity index (χ4v) is 1.99. The number of alkyl halides is 1. The summed E-state index contributed by atoms with van der Waals surface area (Å²) in [6.45, 7) is 5.09. The lowest BCUT2D eigenvalue weighted by molar-refractivity contribution is -0.158. The molecule has 1 unspecified atom stereocenters. The zero-order chi connectivity index (χ0) is 13.6. The minimum atomic E-state index is -1.02. The molecule has 0 saturated carbocycles. The second-order valence-corrected chi connectivity index (χ2v) is 5.35. The van der Waals surface area contributed by atoms with Crippen molar-refractivity contribution in [1.82, 2.24) is 0 Å². The molecule has 0 amide bonds. The van der Waals surface area contributed by atoms with Gasteiger partial charge in [-0.3, -0.25) is 4.79 Å². The highest BCUT2D eigenvalue weighted by Crippen LogP contribution is 2.28. The van der Waals surface area contributed by atoms with Gasteiger partial charge in [0.05, 0.1) is 5.41 Å². The van der Waals surface area contributed by atoms with E-state index in [1.54, 1.807) is 6.92 Å². The fraction of sp³-hybridized carbons (Fsp3) is 0.533. The largest absolute Gasteiger partial charge is 0.460 e. The van der Waals surface area contributed by atoms with Gasteiger partial charge in [-0.25, -0.2) is 4.39 Å². The third-order valence-electron chi connectivity index (χ3n) is 2.86. The van der Waals surface area contributed by atoms with Crippen LogP contribution in [0.2, 0.25) is 0 Å². The Morgan fingerprint density at radius 1 is 1.33 bits per heavy atom. The van der Waals surface area contributed by atoms with Gasteiger partial charge in [0.2, 0.25) is 0 Å². The van der Waals surface area contributed by atoms with Gasteiger partial charge >= 0.3 is 5.97 Å². The molecule has 0 saturated heterocycles. The zero-order valence-electron chi connectivity index (χ0n) is 11.3. The summed E-state index contributed by atoms with van der Waals surface area (Å²) in [4.78, 5) is 11.9. The SMILES string of the molecule is CC(C)CC(C)(CF)C(=O)OCc1ccccc1. The molecule has 1 aromatic rings. The van der Waals surface area contributed by atoms with E-state index < -0.39 is 18.1 Å². The van der Waals surface area contributed by atoms with Crippen LogP contribution in [-0.2, 0) is 16.1 Å². The number of carbonyl (C=O) groups excluding carboxylic acids is 1. The molecule has 0 heterocycles. The molecule has 100 valence electrons. The normalized spacial score (nSPS) is 14.3. The summed E-state index contributed by atoms with van der Waals surface area (Å²) in [7, 11) is 0. The van der Waals surface area contributed by atoms with Gasteiger partial charge in [-0.05, 0) is 24.8 Å². The number of rotatable bonds is 6. The first kappa shape index (κ1) is 14.7. The van der Waals surface area contributed by atoms with Gasteiger partial charge in [0.1, 0.15) is 13.3 Å². The molecule has 0 fully saturated rings. The van der Waals surface area contributed by atoms with Crippen LogP contribution in [0, 0.1) is 11.3 Å². The summed E-state index contributed by atoms with van der Waals surface area (Å²) in [6.07, 6.45) is 0.497. The van der Waals surface area contributed by atoms with Gasteiger partial charge in [-0.1, -0.05) is 44.2 Å². The molecule has 2 nitrogen and oxygen atoms in total. The van der Waals surface area contributed by atoms with E-state index in [0.29, 0.717) is 6.42 Å². The standard InChI is InChI=1S/C15H21FO2/c1-12(2)9-15(3,11-16)14(17)18-10-13-7-5-4-6-8-13/h4-8,12H,9-11H2,1-3H3. The first-order valence-corrected chi connectivity index (χ1v) is 6.25. The molecule has 1 aromatic carbocycles. The molecule has 0 aliphatic heterocycles. The van der Waals surface area contributed by atoms with Crippen LogP contribution in [0.1, 0.15) is 32.8 Å². The molecule has 0 spiro atoms. The Balaban J connectivity index is 2.58. The van der Waals surface area contributed by atoms with Crippen LogP contribution in [0.4, 0.5) is 4.39 Å². The van der Waals surface area contributed by atoms with Crippen LogP contribution < -0.4 is 0 Å². The van der Waals surface area contributed by atoms with Crippen LogP contribution in [0.3, 0.4) is 0 Å². The van der Waals surface area contributed by atoms with E-state index in [0.717, 1.165) is 5.56 Å². The Morgan fingerprint density at radius 2 is 1.94 bits per heavy atom. The first-order valence-electron chi connectivity index (χ1n) is 6.25. The minimum Gasteiger partial charge on any atom is -0.460 e. The molecule has 1 atom stereocenters. The highest BCUT2D eigenvalue weighted by atomic mass is 19.1. The zero-order valence-corrected chi connectivity index (χ0v) is 11.3. The maximum Gasteiger partial charge on any atom is 0.314 e. The monoisotopic (exact) mass is 252 g/mol. The van der Waals surface area contributed by atoms with Gasteiger partial charge in [0, 0.05) is 0 Å². The number of halogens is 1. The molecular weight excluding hydrogens is 231 g/mol. The van der Waals surface area contributed by atoms with E-state index in [-0.39, 0.29) is 12.5 Å². The van der Waals surface area contributed by atoms with Crippen molar-refractivity contribution in [2.45, 2.75) is 33.8 Å². The topological polar surface area (TPSA) is 26.3 Å². The molecular formula is C15H21FO2. The molecule has 0 aliphatic carbocycles. The van der Waals surface area contributed by atoms with Crippen molar-refractivity contribution in [3.05, 3.63) is 35.9 Å². The quantitative estimate of drug-likeness (QED) is 0.721. The molecule has 3 heteroatoms. The summed E-state index contributed by atoms with van der Waals surface area (Å²) in [5.74, 6) is -0.197. The van der Waals surface area contributed by atoms with E-state index in [9.17, 15) is 9.18 Å². The maximum atomic E-state index is 13.1. The van der Waals surface area contributed by atoms with Crippen LogP contribution in [0.25, 0.3) is 0 Å². The van der Waals surface area contributed by atoms with Crippen molar-refractivity contribution < 1.29 is 13.9 Å². The Hall–Kier alpha value is -1.38. The Bertz CT molecular complexity index is 375. The van der Waals surface area contributed by atoms with E-state index in [1.807, 2.05) is 44.2 Å². The summed E-state index contributed by atoms with van der Waals surface area (Å²) in [5, 5.41) is 0. The van der Waals surface area contributed by atoms with E-state index in [1.165, 1.54) is 0 Å². The maximum absolute atomic E-state index is 13.1. The molecule has 0 aromatic heterocycles. The predicted octanol–water partition coefficient (Wildman–Crippen LogP) is 3.75. The molecule has 0 N–H and O–H groups in total. The summed E-state index contributed by atoms with van der Waals surface area (Å²) >= 11 is 0. The van der Waals surface area contributed by atoms with Crippen LogP contribution in [0.15, 0.2) is 30.3 Å². The highest BCUT2D eigenvalue weighted by Gasteiger charge is 2.35. The summed E-state index contributed by atoms with van der Waals surface area (Å²) < 4.78 is 18.3. The smallest absolute Gasteiger partial charge is 0.314 e. The van der Waals surface area contributed by atoms with E-state index in [4.69, 9.17) is 4.74 Å². The van der Waals surface area contributed by atoms with Crippen molar-refractivity contribution in [2.75, 3.05) is 6.67 Å². The van der Waals surface area contributed by atoms with E-state index in [2.05, 4.69) is 0 Å². The summed E-state index contributed by atoms with van der Waals surface area (Å²) in [5.41, 5.74) is -0.111. The number of esters is 1. The lowest BCUT2D eigenvalue weighted by Crippen LogP contribution is -2.33. The van der Waals surface area contributed by atoms with Gasteiger partial charge < -0.3 is 4.74 Å². The van der Waals surface area contributed by atoms with Crippen molar-refractivity contribution in [3.8, 4) is 0 Å². The van der Waals surface area contributed by atoms with E-state index >= 15 is 0 Å². The highest BCUT2D eigenvalue weighted by molar-refractivity contribution is 5.76. The van der Waals surface area contributed by atoms with Crippen LogP contribution in [-0.4, -0.2) is 12.6 Å². The molecule has 0 radical (unpaired) electrons. The van der Waals surface area contributed by atoms with Gasteiger partial charge in [-0.15, -0.1) is 0 Å². The number of benzene rings is 1. The number of carbonyl (C=O) groups is 1. The Labute approximate surface area is 108 Å².